The molecule has 0 saturated carbocycles. The minimum Gasteiger partial charge on any atom is -0.384 e. The fraction of sp³-hybridized carbons (Fsp3) is 0.615. The summed E-state index contributed by atoms with van der Waals surface area (Å²) in [7, 11) is 1.69. The number of rotatable bonds is 3. The van der Waals surface area contributed by atoms with Crippen molar-refractivity contribution in [2.75, 3.05) is 30.8 Å². The predicted molar refractivity (Wildman–Crippen MR) is 74.8 cm³/mol. The molecule has 6 nitrogen and oxygen atoms in total. The molecule has 6 heteroatoms. The van der Waals surface area contributed by atoms with E-state index in [-0.39, 0.29) is 11.8 Å². The molecule has 0 spiro atoms. The van der Waals surface area contributed by atoms with E-state index in [1.54, 1.807) is 13.1 Å². The lowest BCUT2D eigenvalue weighted by atomic mass is 9.96. The third kappa shape index (κ3) is 3.13. The van der Waals surface area contributed by atoms with Crippen LogP contribution in [0, 0.1) is 5.92 Å². The lowest BCUT2D eigenvalue weighted by Crippen LogP contribution is -2.40. The van der Waals surface area contributed by atoms with Gasteiger partial charge in [0.2, 0.25) is 5.91 Å². The Morgan fingerprint density at radius 2 is 2.16 bits per heavy atom. The summed E-state index contributed by atoms with van der Waals surface area (Å²) < 4.78 is 0. The van der Waals surface area contributed by atoms with Crippen molar-refractivity contribution >= 4 is 17.5 Å². The summed E-state index contributed by atoms with van der Waals surface area (Å²) in [6.45, 7) is 3.67. The van der Waals surface area contributed by atoms with Crippen LogP contribution < -0.4 is 16.0 Å². The topological polar surface area (TPSA) is 84.1 Å². The van der Waals surface area contributed by atoms with Gasteiger partial charge in [-0.15, -0.1) is 0 Å². The number of piperidine rings is 1. The molecule has 104 valence electrons. The van der Waals surface area contributed by atoms with E-state index >= 15 is 0 Å². The maximum atomic E-state index is 11.6. The van der Waals surface area contributed by atoms with Gasteiger partial charge in [-0.25, -0.2) is 9.97 Å². The average Bonchev–Trinajstić information content (AvgIpc) is 2.46. The Balaban J connectivity index is 2.05. The molecule has 2 rings (SSSR count). The Bertz CT molecular complexity index is 454. The smallest absolute Gasteiger partial charge is 0.222 e. The molecule has 2 heterocycles. The lowest BCUT2D eigenvalue weighted by Gasteiger charge is -2.32. The molecular weight excluding hydrogens is 242 g/mol. The zero-order valence-corrected chi connectivity index (χ0v) is 11.5. The maximum Gasteiger partial charge on any atom is 0.222 e. The third-order valence-electron chi connectivity index (χ3n) is 3.53. The summed E-state index contributed by atoms with van der Waals surface area (Å²) >= 11 is 0. The zero-order valence-electron chi connectivity index (χ0n) is 11.5. The van der Waals surface area contributed by atoms with E-state index in [1.165, 1.54) is 0 Å². The van der Waals surface area contributed by atoms with E-state index in [4.69, 9.17) is 5.73 Å². The molecule has 1 amide bonds. The van der Waals surface area contributed by atoms with Gasteiger partial charge in [0.25, 0.3) is 0 Å². The standard InChI is InChI=1S/C13H21N5O/c1-3-11-16-10(14)8-12(17-11)18-6-4-9(5-7-18)13(19)15-2/h8-9H,3-7H2,1-2H3,(H,15,19)(H2,14,16,17). The van der Waals surface area contributed by atoms with Crippen LogP contribution in [0.4, 0.5) is 11.6 Å². The Hall–Kier alpha value is -1.85. The van der Waals surface area contributed by atoms with E-state index in [2.05, 4.69) is 20.2 Å². The molecule has 3 N–H and O–H groups in total. The summed E-state index contributed by atoms with van der Waals surface area (Å²) in [6.07, 6.45) is 2.48. The fourth-order valence-electron chi connectivity index (χ4n) is 2.40. The number of nitrogens with zero attached hydrogens (tertiary/aromatic N) is 3. The highest BCUT2D eigenvalue weighted by Gasteiger charge is 2.25. The van der Waals surface area contributed by atoms with Crippen molar-refractivity contribution < 1.29 is 4.79 Å². The van der Waals surface area contributed by atoms with Crippen LogP contribution in [0.15, 0.2) is 6.07 Å². The fourth-order valence-corrected chi connectivity index (χ4v) is 2.40. The van der Waals surface area contributed by atoms with Crippen LogP contribution in [0.3, 0.4) is 0 Å². The van der Waals surface area contributed by atoms with E-state index < -0.39 is 0 Å². The zero-order chi connectivity index (χ0) is 13.8. The molecule has 1 aromatic heterocycles. The Morgan fingerprint density at radius 1 is 1.47 bits per heavy atom. The molecule has 1 aliphatic rings. The monoisotopic (exact) mass is 263 g/mol. The predicted octanol–water partition coefficient (Wildman–Crippen LogP) is 0.584. The molecule has 0 bridgehead atoms. The highest BCUT2D eigenvalue weighted by atomic mass is 16.1. The highest BCUT2D eigenvalue weighted by Crippen LogP contribution is 2.23. The molecule has 0 aliphatic carbocycles. The van der Waals surface area contributed by atoms with E-state index in [0.717, 1.165) is 44.0 Å². The number of carbonyl (C=O) groups is 1. The minimum absolute atomic E-state index is 0.117. The van der Waals surface area contributed by atoms with Gasteiger partial charge in [-0.3, -0.25) is 4.79 Å². The molecule has 1 saturated heterocycles. The number of carbonyl (C=O) groups excluding carboxylic acids is 1. The first-order valence-electron chi connectivity index (χ1n) is 6.74. The van der Waals surface area contributed by atoms with Crippen LogP contribution >= 0.6 is 0 Å². The first-order valence-corrected chi connectivity index (χ1v) is 6.74. The number of aryl methyl sites for hydroxylation is 1. The van der Waals surface area contributed by atoms with Crippen molar-refractivity contribution in [3.05, 3.63) is 11.9 Å². The van der Waals surface area contributed by atoms with E-state index in [0.29, 0.717) is 5.82 Å². The van der Waals surface area contributed by atoms with Gasteiger partial charge in [0, 0.05) is 38.5 Å². The number of nitrogen functional groups attached to an aromatic ring is 1. The van der Waals surface area contributed by atoms with Crippen molar-refractivity contribution in [3.8, 4) is 0 Å². The maximum absolute atomic E-state index is 11.6. The van der Waals surface area contributed by atoms with Crippen LogP contribution in [0.5, 0.6) is 0 Å². The van der Waals surface area contributed by atoms with Gasteiger partial charge in [0.1, 0.15) is 17.5 Å². The molecule has 0 aromatic carbocycles. The van der Waals surface area contributed by atoms with Crippen molar-refractivity contribution in [2.24, 2.45) is 5.92 Å². The summed E-state index contributed by atoms with van der Waals surface area (Å²) in [5.41, 5.74) is 5.80. The second-order valence-corrected chi connectivity index (χ2v) is 4.80. The first kappa shape index (κ1) is 13.6. The number of hydrogen-bond donors (Lipinski definition) is 2. The number of nitrogens with two attached hydrogens (primary N) is 1. The van der Waals surface area contributed by atoms with Crippen molar-refractivity contribution in [3.63, 3.8) is 0 Å². The van der Waals surface area contributed by atoms with Crippen LogP contribution in [-0.2, 0) is 11.2 Å². The van der Waals surface area contributed by atoms with Crippen LogP contribution in [0.1, 0.15) is 25.6 Å². The van der Waals surface area contributed by atoms with Gasteiger partial charge in [0.05, 0.1) is 0 Å². The molecule has 0 unspecified atom stereocenters. The summed E-state index contributed by atoms with van der Waals surface area (Å²) in [6, 6.07) is 1.80. The molecule has 1 aromatic rings. The van der Waals surface area contributed by atoms with Crippen LogP contribution in [-0.4, -0.2) is 36.0 Å². The Morgan fingerprint density at radius 3 is 2.74 bits per heavy atom. The quantitative estimate of drug-likeness (QED) is 0.833. The minimum atomic E-state index is 0.117. The lowest BCUT2D eigenvalue weighted by molar-refractivity contribution is -0.125. The van der Waals surface area contributed by atoms with E-state index in [9.17, 15) is 4.79 Å². The second-order valence-electron chi connectivity index (χ2n) is 4.80. The largest absolute Gasteiger partial charge is 0.384 e. The van der Waals surface area contributed by atoms with Crippen molar-refractivity contribution in [1.29, 1.82) is 0 Å². The van der Waals surface area contributed by atoms with Gasteiger partial charge in [-0.1, -0.05) is 6.92 Å². The normalized spacial score (nSPS) is 16.4. The number of nitrogens with one attached hydrogen (secondary N) is 1. The highest BCUT2D eigenvalue weighted by molar-refractivity contribution is 5.78. The molecule has 0 atom stereocenters. The molecule has 1 aliphatic heterocycles. The molecular formula is C13H21N5O. The van der Waals surface area contributed by atoms with Gasteiger partial charge < -0.3 is 16.0 Å². The first-order chi connectivity index (χ1) is 9.13. The molecule has 1 fully saturated rings. The van der Waals surface area contributed by atoms with Crippen LogP contribution in [0.25, 0.3) is 0 Å². The number of anilines is 2. The molecule has 0 radical (unpaired) electrons. The van der Waals surface area contributed by atoms with Gasteiger partial charge >= 0.3 is 0 Å². The van der Waals surface area contributed by atoms with E-state index in [1.807, 2.05) is 6.92 Å². The average molecular weight is 263 g/mol. The van der Waals surface area contributed by atoms with Crippen molar-refractivity contribution in [1.82, 2.24) is 15.3 Å². The van der Waals surface area contributed by atoms with Gasteiger partial charge in [0.15, 0.2) is 0 Å². The van der Waals surface area contributed by atoms with Gasteiger partial charge in [-0.05, 0) is 12.8 Å². The third-order valence-corrected chi connectivity index (χ3v) is 3.53. The summed E-state index contributed by atoms with van der Waals surface area (Å²) in [4.78, 5) is 22.4. The van der Waals surface area contributed by atoms with Crippen LogP contribution in [0.2, 0.25) is 0 Å². The van der Waals surface area contributed by atoms with Crippen molar-refractivity contribution in [2.45, 2.75) is 26.2 Å². The Kier molecular flexibility index (Phi) is 4.19. The SMILES string of the molecule is CCc1nc(N)cc(N2CCC(C(=O)NC)CC2)n1. The second kappa shape index (κ2) is 5.86. The summed E-state index contributed by atoms with van der Waals surface area (Å²) in [5.74, 6) is 2.40. The summed E-state index contributed by atoms with van der Waals surface area (Å²) in [5, 5.41) is 2.71. The number of hydrogen-bond acceptors (Lipinski definition) is 5. The molecule has 19 heavy (non-hydrogen) atoms. The number of aromatic nitrogens is 2. The number of amides is 1. The van der Waals surface area contributed by atoms with Gasteiger partial charge in [-0.2, -0.15) is 0 Å². The Labute approximate surface area is 113 Å².